The summed E-state index contributed by atoms with van der Waals surface area (Å²) in [7, 11) is 0. The molecule has 0 bridgehead atoms. The average molecular weight is 357 g/mol. The van der Waals surface area contributed by atoms with E-state index in [1.807, 2.05) is 13.8 Å². The first-order valence-corrected chi connectivity index (χ1v) is 7.55. The van der Waals surface area contributed by atoms with Crippen LogP contribution in [0.25, 0.3) is 0 Å². The number of anilines is 1. The lowest BCUT2D eigenvalue weighted by Crippen LogP contribution is -2.49. The van der Waals surface area contributed by atoms with E-state index in [-0.39, 0.29) is 18.6 Å². The van der Waals surface area contributed by atoms with Crippen LogP contribution in [0.3, 0.4) is 0 Å². The number of hydrogen-bond acceptors (Lipinski definition) is 5. The highest BCUT2D eigenvalue weighted by atomic mass is 79.9. The third-order valence-electron chi connectivity index (χ3n) is 3.27. The van der Waals surface area contributed by atoms with Crippen molar-refractivity contribution in [3.05, 3.63) is 16.7 Å². The van der Waals surface area contributed by atoms with Gasteiger partial charge >= 0.3 is 5.97 Å². The maximum atomic E-state index is 12.2. The van der Waals surface area contributed by atoms with Crippen LogP contribution >= 0.6 is 15.9 Å². The Morgan fingerprint density at radius 2 is 2.24 bits per heavy atom. The second kappa shape index (κ2) is 6.43. The number of nitrogens with zero attached hydrogens (tertiary/aromatic N) is 2. The fourth-order valence-corrected chi connectivity index (χ4v) is 2.21. The predicted molar refractivity (Wildman–Crippen MR) is 80.2 cm³/mol. The van der Waals surface area contributed by atoms with Crippen molar-refractivity contribution in [1.82, 2.24) is 4.98 Å². The van der Waals surface area contributed by atoms with Gasteiger partial charge in [-0.2, -0.15) is 0 Å². The molecule has 0 saturated carbocycles. The molecule has 21 heavy (non-hydrogen) atoms. The summed E-state index contributed by atoms with van der Waals surface area (Å²) in [5.41, 5.74) is 0. The quantitative estimate of drug-likeness (QED) is 0.611. The van der Waals surface area contributed by atoms with Gasteiger partial charge in [-0.25, -0.2) is 9.78 Å². The summed E-state index contributed by atoms with van der Waals surface area (Å²) in [5, 5.41) is 0. The van der Waals surface area contributed by atoms with Crippen molar-refractivity contribution in [2.24, 2.45) is 0 Å². The number of rotatable bonds is 4. The van der Waals surface area contributed by atoms with Gasteiger partial charge in [0.1, 0.15) is 10.6 Å². The molecule has 1 aliphatic heterocycles. The zero-order chi connectivity index (χ0) is 15.6. The number of carbonyl (C=O) groups is 2. The van der Waals surface area contributed by atoms with Crippen molar-refractivity contribution < 1.29 is 19.1 Å². The minimum Gasteiger partial charge on any atom is -0.480 e. The number of aromatic nitrogens is 1. The van der Waals surface area contributed by atoms with Gasteiger partial charge in [-0.3, -0.25) is 9.69 Å². The normalized spacial score (nSPS) is 16.8. The monoisotopic (exact) mass is 356 g/mol. The molecule has 0 N–H and O–H groups in total. The molecule has 114 valence electrons. The van der Waals surface area contributed by atoms with Crippen molar-refractivity contribution in [2.75, 3.05) is 11.5 Å². The highest BCUT2D eigenvalue weighted by Gasteiger charge is 2.35. The number of esters is 1. The number of fused-ring (bicyclic) bond motifs is 1. The van der Waals surface area contributed by atoms with E-state index in [2.05, 4.69) is 20.9 Å². The molecule has 2 rings (SSSR count). The summed E-state index contributed by atoms with van der Waals surface area (Å²) < 4.78 is 11.2. The minimum absolute atomic E-state index is 0.114. The Morgan fingerprint density at radius 3 is 2.90 bits per heavy atom. The second-order valence-electron chi connectivity index (χ2n) is 4.84. The standard InChI is InChI=1S/C14H17BrN2O4/c1-4-8(2)21-14(19)9(3)17-12(18)7-20-10-5-6-11(15)16-13(10)17/h5-6,8-9H,4,7H2,1-3H3. The molecule has 0 spiro atoms. The molecule has 0 saturated heterocycles. The lowest BCUT2D eigenvalue weighted by atomic mass is 10.2. The Labute approximate surface area is 131 Å². The van der Waals surface area contributed by atoms with Crippen molar-refractivity contribution in [2.45, 2.75) is 39.3 Å². The fourth-order valence-electron chi connectivity index (χ4n) is 1.91. The van der Waals surface area contributed by atoms with Crippen LogP contribution in [-0.2, 0) is 14.3 Å². The van der Waals surface area contributed by atoms with E-state index in [0.717, 1.165) is 6.42 Å². The van der Waals surface area contributed by atoms with E-state index >= 15 is 0 Å². The van der Waals surface area contributed by atoms with Crippen LogP contribution in [0, 0.1) is 0 Å². The summed E-state index contributed by atoms with van der Waals surface area (Å²) >= 11 is 3.25. The van der Waals surface area contributed by atoms with E-state index < -0.39 is 12.0 Å². The Balaban J connectivity index is 2.28. The molecule has 0 radical (unpaired) electrons. The second-order valence-corrected chi connectivity index (χ2v) is 5.65. The number of ether oxygens (including phenoxy) is 2. The Hall–Kier alpha value is -1.63. The predicted octanol–water partition coefficient (Wildman–Crippen LogP) is 2.30. The van der Waals surface area contributed by atoms with Gasteiger partial charge in [0, 0.05) is 0 Å². The van der Waals surface area contributed by atoms with Crippen molar-refractivity contribution >= 4 is 33.6 Å². The Bertz CT molecular complexity index is 564. The zero-order valence-corrected chi connectivity index (χ0v) is 13.7. The van der Waals surface area contributed by atoms with Crippen LogP contribution in [0.4, 0.5) is 5.82 Å². The van der Waals surface area contributed by atoms with Gasteiger partial charge in [-0.15, -0.1) is 0 Å². The third kappa shape index (κ3) is 3.34. The van der Waals surface area contributed by atoms with Crippen LogP contribution in [0.5, 0.6) is 5.75 Å². The first-order valence-electron chi connectivity index (χ1n) is 6.76. The maximum absolute atomic E-state index is 12.2. The molecular weight excluding hydrogens is 340 g/mol. The topological polar surface area (TPSA) is 68.7 Å². The molecule has 1 aromatic rings. The maximum Gasteiger partial charge on any atom is 0.329 e. The Morgan fingerprint density at radius 1 is 1.52 bits per heavy atom. The van der Waals surface area contributed by atoms with Crippen molar-refractivity contribution in [3.8, 4) is 5.75 Å². The molecule has 2 atom stereocenters. The lowest BCUT2D eigenvalue weighted by molar-refractivity contribution is -0.150. The van der Waals surface area contributed by atoms with Crippen LogP contribution in [0.1, 0.15) is 27.2 Å². The molecule has 0 aliphatic carbocycles. The first kappa shape index (κ1) is 15.8. The SMILES string of the molecule is CCC(C)OC(=O)C(C)N1C(=O)COc2ccc(Br)nc21. The Kier molecular flexibility index (Phi) is 4.82. The van der Waals surface area contributed by atoms with Gasteiger partial charge in [-0.05, 0) is 48.3 Å². The number of halogens is 1. The lowest BCUT2D eigenvalue weighted by Gasteiger charge is -2.32. The first-order chi connectivity index (χ1) is 9.93. The molecule has 1 aliphatic rings. The van der Waals surface area contributed by atoms with Gasteiger partial charge in [0.05, 0.1) is 6.10 Å². The minimum atomic E-state index is -0.754. The fraction of sp³-hybridized carbons (Fsp3) is 0.500. The number of pyridine rings is 1. The van der Waals surface area contributed by atoms with Crippen molar-refractivity contribution in [1.29, 1.82) is 0 Å². The molecule has 7 heteroatoms. The van der Waals surface area contributed by atoms with Gasteiger partial charge in [0.15, 0.2) is 18.2 Å². The van der Waals surface area contributed by atoms with Gasteiger partial charge in [0.2, 0.25) is 0 Å². The number of carbonyl (C=O) groups excluding carboxylic acids is 2. The highest BCUT2D eigenvalue weighted by molar-refractivity contribution is 9.10. The molecular formula is C14H17BrN2O4. The number of amides is 1. The average Bonchev–Trinajstić information content (AvgIpc) is 2.46. The summed E-state index contributed by atoms with van der Waals surface area (Å²) in [5.74, 6) is 0.0317. The third-order valence-corrected chi connectivity index (χ3v) is 3.72. The molecule has 6 nitrogen and oxygen atoms in total. The van der Waals surface area contributed by atoms with E-state index in [1.165, 1.54) is 4.90 Å². The number of hydrogen-bond donors (Lipinski definition) is 0. The summed E-state index contributed by atoms with van der Waals surface area (Å²) in [4.78, 5) is 29.8. The van der Waals surface area contributed by atoms with Gasteiger partial charge < -0.3 is 9.47 Å². The van der Waals surface area contributed by atoms with Crippen LogP contribution in [0.15, 0.2) is 16.7 Å². The summed E-state index contributed by atoms with van der Waals surface area (Å²) in [6.45, 7) is 5.25. The van der Waals surface area contributed by atoms with E-state index in [9.17, 15) is 9.59 Å². The highest BCUT2D eigenvalue weighted by Crippen LogP contribution is 2.33. The molecule has 2 unspecified atom stereocenters. The largest absolute Gasteiger partial charge is 0.480 e. The zero-order valence-electron chi connectivity index (χ0n) is 12.1. The van der Waals surface area contributed by atoms with Gasteiger partial charge in [-0.1, -0.05) is 6.92 Å². The molecule has 1 amide bonds. The molecule has 0 aromatic carbocycles. The van der Waals surface area contributed by atoms with Crippen LogP contribution in [-0.4, -0.2) is 35.6 Å². The van der Waals surface area contributed by atoms with Crippen molar-refractivity contribution in [3.63, 3.8) is 0 Å². The van der Waals surface area contributed by atoms with Crippen LogP contribution in [0.2, 0.25) is 0 Å². The molecule has 0 fully saturated rings. The van der Waals surface area contributed by atoms with Gasteiger partial charge in [0.25, 0.3) is 5.91 Å². The summed E-state index contributed by atoms with van der Waals surface area (Å²) in [6, 6.07) is 2.67. The molecule has 1 aromatic heterocycles. The van der Waals surface area contributed by atoms with E-state index in [4.69, 9.17) is 9.47 Å². The van der Waals surface area contributed by atoms with E-state index in [1.54, 1.807) is 19.1 Å². The van der Waals surface area contributed by atoms with Crippen LogP contribution < -0.4 is 9.64 Å². The van der Waals surface area contributed by atoms with E-state index in [0.29, 0.717) is 16.2 Å². The molecule has 2 heterocycles. The smallest absolute Gasteiger partial charge is 0.329 e. The summed E-state index contributed by atoms with van der Waals surface area (Å²) in [6.07, 6.45) is 0.529.